The molecule has 2 aromatic rings. The quantitative estimate of drug-likeness (QED) is 0.846. The van der Waals surface area contributed by atoms with Crippen molar-refractivity contribution < 1.29 is 17.6 Å². The van der Waals surface area contributed by atoms with Crippen LogP contribution < -0.4 is 0 Å². The number of hydrogen-bond donors (Lipinski definition) is 0. The molecule has 0 radical (unpaired) electrons. The fraction of sp³-hybridized carbons (Fsp3) is 0.182. The zero-order valence-electron chi connectivity index (χ0n) is 9.52. The van der Waals surface area contributed by atoms with Gasteiger partial charge in [0.1, 0.15) is 0 Å². The summed E-state index contributed by atoms with van der Waals surface area (Å²) in [6, 6.07) is 4.80. The second kappa shape index (κ2) is 4.93. The second-order valence-corrected chi connectivity index (χ2v) is 4.53. The molecule has 0 aliphatic heterocycles. The number of nitriles is 1. The zero-order valence-corrected chi connectivity index (χ0v) is 10.3. The number of halogens is 3. The van der Waals surface area contributed by atoms with E-state index in [4.69, 9.17) is 9.68 Å². The van der Waals surface area contributed by atoms with E-state index in [0.717, 1.165) is 23.9 Å². The Kier molecular flexibility index (Phi) is 3.48. The Hall–Kier alpha value is -2.01. The molecule has 0 aliphatic rings. The highest BCUT2D eigenvalue weighted by molar-refractivity contribution is 7.99. The Bertz CT molecular complexity index is 645. The number of aromatic nitrogens is 2. The van der Waals surface area contributed by atoms with Gasteiger partial charge in [-0.25, -0.2) is 0 Å². The molecule has 0 aliphatic carbocycles. The van der Waals surface area contributed by atoms with Crippen LogP contribution in [0.2, 0.25) is 0 Å². The minimum absolute atomic E-state index is 0.209. The highest BCUT2D eigenvalue weighted by atomic mass is 32.2. The fourth-order valence-corrected chi connectivity index (χ4v) is 2.11. The van der Waals surface area contributed by atoms with Gasteiger partial charge in [-0.15, -0.1) is 10.2 Å². The van der Waals surface area contributed by atoms with Crippen LogP contribution in [0.15, 0.2) is 32.7 Å². The van der Waals surface area contributed by atoms with Crippen LogP contribution in [0, 0.1) is 18.3 Å². The zero-order chi connectivity index (χ0) is 14.0. The van der Waals surface area contributed by atoms with Crippen molar-refractivity contribution in [3.8, 4) is 6.07 Å². The number of alkyl halides is 3. The second-order valence-electron chi connectivity index (χ2n) is 3.51. The summed E-state index contributed by atoms with van der Waals surface area (Å²) in [6.45, 7) is 1.60. The van der Waals surface area contributed by atoms with E-state index in [0.29, 0.717) is 10.8 Å². The van der Waals surface area contributed by atoms with E-state index in [1.54, 1.807) is 6.92 Å². The average molecular weight is 285 g/mol. The maximum Gasteiger partial charge on any atom is 0.417 e. The van der Waals surface area contributed by atoms with E-state index in [9.17, 15) is 13.2 Å². The molecule has 0 fully saturated rings. The number of nitrogens with zero attached hydrogens (tertiary/aromatic N) is 3. The van der Waals surface area contributed by atoms with Gasteiger partial charge in [-0.3, -0.25) is 0 Å². The summed E-state index contributed by atoms with van der Waals surface area (Å²) in [5.41, 5.74) is -1.39. The molecule has 19 heavy (non-hydrogen) atoms. The Morgan fingerprint density at radius 3 is 2.58 bits per heavy atom. The third-order valence-corrected chi connectivity index (χ3v) is 2.96. The molecule has 1 heterocycles. The summed E-state index contributed by atoms with van der Waals surface area (Å²) in [4.78, 5) is 0.424. The van der Waals surface area contributed by atoms with Gasteiger partial charge >= 0.3 is 6.18 Å². The largest absolute Gasteiger partial charge is 0.417 e. The van der Waals surface area contributed by atoms with E-state index < -0.39 is 17.3 Å². The molecule has 0 unspecified atom stereocenters. The molecule has 4 nitrogen and oxygen atoms in total. The molecule has 8 heteroatoms. The Balaban J connectivity index is 2.32. The summed E-state index contributed by atoms with van der Waals surface area (Å²) in [6.07, 6.45) is -4.55. The van der Waals surface area contributed by atoms with Crippen molar-refractivity contribution in [1.82, 2.24) is 10.2 Å². The van der Waals surface area contributed by atoms with Gasteiger partial charge in [-0.1, -0.05) is 0 Å². The minimum Gasteiger partial charge on any atom is -0.416 e. The number of benzene rings is 1. The van der Waals surface area contributed by atoms with Crippen LogP contribution in [0.1, 0.15) is 17.0 Å². The maximum absolute atomic E-state index is 12.6. The molecule has 2 rings (SSSR count). The van der Waals surface area contributed by atoms with Gasteiger partial charge in [-0.2, -0.15) is 18.4 Å². The first-order chi connectivity index (χ1) is 8.90. The van der Waals surface area contributed by atoms with Crippen LogP contribution >= 0.6 is 11.8 Å². The summed E-state index contributed by atoms with van der Waals surface area (Å²) in [5, 5.41) is 16.3. The van der Waals surface area contributed by atoms with Crippen molar-refractivity contribution in [2.24, 2.45) is 0 Å². The maximum atomic E-state index is 12.6. The lowest BCUT2D eigenvalue weighted by molar-refractivity contribution is -0.137. The van der Waals surface area contributed by atoms with Crippen molar-refractivity contribution >= 4 is 11.8 Å². The first kappa shape index (κ1) is 13.4. The van der Waals surface area contributed by atoms with Crippen LogP contribution in [0.25, 0.3) is 0 Å². The first-order valence-corrected chi connectivity index (χ1v) is 5.81. The Morgan fingerprint density at radius 1 is 1.32 bits per heavy atom. The third-order valence-electron chi connectivity index (χ3n) is 2.13. The van der Waals surface area contributed by atoms with Crippen molar-refractivity contribution in [1.29, 1.82) is 5.26 Å². The number of rotatable bonds is 2. The van der Waals surface area contributed by atoms with E-state index in [1.165, 1.54) is 12.1 Å². The molecular weight excluding hydrogens is 279 g/mol. The summed E-state index contributed by atoms with van der Waals surface area (Å²) >= 11 is 0.999. The average Bonchev–Trinajstić information content (AvgIpc) is 2.73. The van der Waals surface area contributed by atoms with Crippen LogP contribution in [0.4, 0.5) is 13.2 Å². The van der Waals surface area contributed by atoms with Crippen molar-refractivity contribution in [2.45, 2.75) is 23.2 Å². The van der Waals surface area contributed by atoms with Crippen LogP contribution in [0.3, 0.4) is 0 Å². The molecule has 0 N–H and O–H groups in total. The number of hydrogen-bond acceptors (Lipinski definition) is 5. The molecule has 0 spiro atoms. The van der Waals surface area contributed by atoms with Gasteiger partial charge in [0.25, 0.3) is 5.22 Å². The lowest BCUT2D eigenvalue weighted by Crippen LogP contribution is -2.07. The Labute approximate surface area is 110 Å². The van der Waals surface area contributed by atoms with Crippen LogP contribution in [-0.4, -0.2) is 10.2 Å². The molecule has 0 saturated carbocycles. The standard InChI is InChI=1S/C11H6F3N3OS/c1-6-16-17-10(18-6)19-8-2-3-9(11(12,13)14)7(4-8)5-15/h2-4H,1H3. The van der Waals surface area contributed by atoms with Crippen molar-refractivity contribution in [2.75, 3.05) is 0 Å². The number of aryl methyl sites for hydroxylation is 1. The van der Waals surface area contributed by atoms with Gasteiger partial charge in [-0.05, 0) is 30.0 Å². The van der Waals surface area contributed by atoms with Gasteiger partial charge in [0.15, 0.2) is 0 Å². The molecule has 1 aromatic heterocycles. The van der Waals surface area contributed by atoms with E-state index >= 15 is 0 Å². The SMILES string of the molecule is Cc1nnc(Sc2ccc(C(F)(F)F)c(C#N)c2)o1. The van der Waals surface area contributed by atoms with Crippen LogP contribution in [-0.2, 0) is 6.18 Å². The molecule has 0 saturated heterocycles. The van der Waals surface area contributed by atoms with Gasteiger partial charge in [0, 0.05) is 11.8 Å². The molecule has 0 bridgehead atoms. The summed E-state index contributed by atoms with van der Waals surface area (Å²) in [7, 11) is 0. The van der Waals surface area contributed by atoms with Gasteiger partial charge in [0.05, 0.1) is 17.2 Å². The van der Waals surface area contributed by atoms with Gasteiger partial charge in [0.2, 0.25) is 5.89 Å². The molecular formula is C11H6F3N3OS. The predicted octanol–water partition coefficient (Wildman–Crippen LogP) is 3.42. The highest BCUT2D eigenvalue weighted by Crippen LogP contribution is 2.35. The molecule has 0 amide bonds. The van der Waals surface area contributed by atoms with Crippen LogP contribution in [0.5, 0.6) is 0 Å². The lowest BCUT2D eigenvalue weighted by Gasteiger charge is -2.09. The highest BCUT2D eigenvalue weighted by Gasteiger charge is 2.33. The smallest absolute Gasteiger partial charge is 0.416 e. The van der Waals surface area contributed by atoms with E-state index in [2.05, 4.69) is 10.2 Å². The van der Waals surface area contributed by atoms with E-state index in [-0.39, 0.29) is 5.22 Å². The summed E-state index contributed by atoms with van der Waals surface area (Å²) < 4.78 is 42.9. The minimum atomic E-state index is -4.55. The molecule has 0 atom stereocenters. The monoisotopic (exact) mass is 285 g/mol. The van der Waals surface area contributed by atoms with Gasteiger partial charge < -0.3 is 4.42 Å². The topological polar surface area (TPSA) is 62.7 Å². The molecule has 1 aromatic carbocycles. The normalized spacial score (nSPS) is 11.3. The summed E-state index contributed by atoms with van der Waals surface area (Å²) in [5.74, 6) is 0.356. The Morgan fingerprint density at radius 2 is 2.05 bits per heavy atom. The third kappa shape index (κ3) is 3.06. The lowest BCUT2D eigenvalue weighted by atomic mass is 10.1. The van der Waals surface area contributed by atoms with E-state index in [1.807, 2.05) is 0 Å². The molecule has 98 valence electrons. The fourth-order valence-electron chi connectivity index (χ4n) is 1.35. The predicted molar refractivity (Wildman–Crippen MR) is 59.3 cm³/mol. The van der Waals surface area contributed by atoms with Crippen molar-refractivity contribution in [3.05, 3.63) is 35.2 Å². The first-order valence-electron chi connectivity index (χ1n) is 4.99. The van der Waals surface area contributed by atoms with Crippen molar-refractivity contribution in [3.63, 3.8) is 0 Å².